The Hall–Kier alpha value is -1.96. The summed E-state index contributed by atoms with van der Waals surface area (Å²) >= 11 is 0. The number of rotatable bonds is 0. The largest absolute Gasteiger partial charge is 0.384 e. The van der Waals surface area contributed by atoms with Gasteiger partial charge in [-0.05, 0) is 55.4 Å². The number of hydrogen-bond acceptors (Lipinski definition) is 2. The van der Waals surface area contributed by atoms with E-state index in [-0.39, 0.29) is 0 Å². The van der Waals surface area contributed by atoms with Crippen LogP contribution in [0.25, 0.3) is 0 Å². The van der Waals surface area contributed by atoms with Crippen LogP contribution in [0.2, 0.25) is 0 Å². The van der Waals surface area contributed by atoms with Gasteiger partial charge in [-0.15, -0.1) is 0 Å². The molecule has 22 heavy (non-hydrogen) atoms. The van der Waals surface area contributed by atoms with Crippen LogP contribution in [0.5, 0.6) is 0 Å². The van der Waals surface area contributed by atoms with Gasteiger partial charge in [0.1, 0.15) is 0 Å². The van der Waals surface area contributed by atoms with Crippen LogP contribution in [0.1, 0.15) is 40.5 Å². The monoisotopic (exact) mass is 290 g/mol. The van der Waals surface area contributed by atoms with Gasteiger partial charge in [0.2, 0.25) is 0 Å². The Morgan fingerprint density at radius 2 is 1.64 bits per heavy atom. The number of benzene rings is 2. The van der Waals surface area contributed by atoms with E-state index < -0.39 is 0 Å². The third-order valence-corrected chi connectivity index (χ3v) is 5.96. The van der Waals surface area contributed by atoms with Crippen molar-refractivity contribution < 1.29 is 0 Å². The second-order valence-electron chi connectivity index (χ2n) is 7.34. The molecule has 2 N–H and O–H groups in total. The smallest absolute Gasteiger partial charge is 0.0378 e. The minimum atomic E-state index is 0.617. The zero-order valence-electron chi connectivity index (χ0n) is 13.2. The van der Waals surface area contributed by atoms with Crippen LogP contribution in [0.3, 0.4) is 0 Å². The predicted molar refractivity (Wildman–Crippen MR) is 91.8 cm³/mol. The number of nitrogens with one attached hydrogen (secondary N) is 2. The average molecular weight is 290 g/mol. The van der Waals surface area contributed by atoms with E-state index in [4.69, 9.17) is 0 Å². The molecule has 2 aliphatic heterocycles. The highest BCUT2D eigenvalue weighted by molar-refractivity contribution is 5.64. The highest BCUT2D eigenvalue weighted by Crippen LogP contribution is 2.57. The normalized spacial score (nSPS) is 30.6. The molecule has 2 aromatic rings. The van der Waals surface area contributed by atoms with Crippen LogP contribution in [0.15, 0.2) is 36.4 Å². The Balaban J connectivity index is 1.69. The van der Waals surface area contributed by atoms with Crippen molar-refractivity contribution in [2.75, 3.05) is 17.2 Å². The summed E-state index contributed by atoms with van der Waals surface area (Å²) in [4.78, 5) is 0. The Bertz CT molecular complexity index is 764. The lowest BCUT2D eigenvalue weighted by molar-refractivity contribution is 0.459. The van der Waals surface area contributed by atoms with Gasteiger partial charge in [-0.3, -0.25) is 0 Å². The molecule has 2 nitrogen and oxygen atoms in total. The maximum absolute atomic E-state index is 3.82. The van der Waals surface area contributed by atoms with Gasteiger partial charge in [0.05, 0.1) is 0 Å². The van der Waals surface area contributed by atoms with E-state index in [0.29, 0.717) is 23.8 Å². The Morgan fingerprint density at radius 3 is 2.45 bits per heavy atom. The first-order valence-electron chi connectivity index (χ1n) is 8.42. The van der Waals surface area contributed by atoms with Gasteiger partial charge in [0.25, 0.3) is 0 Å². The second-order valence-corrected chi connectivity index (χ2v) is 7.34. The molecule has 2 aromatic carbocycles. The summed E-state index contributed by atoms with van der Waals surface area (Å²) in [5.41, 5.74) is 8.56. The molecule has 5 rings (SSSR count). The van der Waals surface area contributed by atoms with Gasteiger partial charge < -0.3 is 10.6 Å². The maximum Gasteiger partial charge on any atom is 0.0378 e. The Kier molecular flexibility index (Phi) is 2.45. The minimum absolute atomic E-state index is 0.617. The lowest BCUT2D eigenvalue weighted by atomic mass is 9.77. The summed E-state index contributed by atoms with van der Waals surface area (Å²) in [5, 5.41) is 7.49. The fourth-order valence-electron chi connectivity index (χ4n) is 5.01. The molecule has 2 bridgehead atoms. The van der Waals surface area contributed by atoms with Crippen molar-refractivity contribution in [3.8, 4) is 0 Å². The zero-order valence-corrected chi connectivity index (χ0v) is 13.2. The molecule has 1 fully saturated rings. The van der Waals surface area contributed by atoms with Crippen molar-refractivity contribution in [1.82, 2.24) is 0 Å². The van der Waals surface area contributed by atoms with Gasteiger partial charge in [0.15, 0.2) is 0 Å². The van der Waals surface area contributed by atoms with Crippen molar-refractivity contribution in [1.29, 1.82) is 0 Å². The van der Waals surface area contributed by atoms with E-state index in [1.165, 1.54) is 34.5 Å². The fourth-order valence-corrected chi connectivity index (χ4v) is 5.01. The maximum atomic E-state index is 3.82. The first kappa shape index (κ1) is 12.6. The second kappa shape index (κ2) is 4.28. The molecule has 0 amide bonds. The van der Waals surface area contributed by atoms with Crippen molar-refractivity contribution >= 4 is 11.4 Å². The quantitative estimate of drug-likeness (QED) is 0.751. The molecule has 0 unspecified atom stereocenters. The van der Waals surface area contributed by atoms with Gasteiger partial charge >= 0.3 is 0 Å². The molecule has 0 spiro atoms. The van der Waals surface area contributed by atoms with Crippen LogP contribution in [-0.2, 0) is 0 Å². The molecule has 2 heterocycles. The Labute approximate surface area is 131 Å². The summed E-state index contributed by atoms with van der Waals surface area (Å²) in [7, 11) is 0. The van der Waals surface area contributed by atoms with E-state index >= 15 is 0 Å². The molecule has 4 atom stereocenters. The fraction of sp³-hybridized carbons (Fsp3) is 0.400. The number of aryl methyl sites for hydroxylation is 2. The van der Waals surface area contributed by atoms with Crippen molar-refractivity contribution in [2.45, 2.75) is 38.1 Å². The highest BCUT2D eigenvalue weighted by atomic mass is 15.0. The van der Waals surface area contributed by atoms with Crippen molar-refractivity contribution in [3.05, 3.63) is 58.7 Å². The molecule has 112 valence electrons. The first-order valence-corrected chi connectivity index (χ1v) is 8.42. The first-order chi connectivity index (χ1) is 10.7. The summed E-state index contributed by atoms with van der Waals surface area (Å²) < 4.78 is 0. The van der Waals surface area contributed by atoms with E-state index in [1.54, 1.807) is 5.56 Å². The Morgan fingerprint density at radius 1 is 0.909 bits per heavy atom. The molecular formula is C20H22N2. The molecule has 2 heteroatoms. The SMILES string of the molecule is Cc1ccc2c(c1)[C@H]1[C@@H](CN2)[C@@H]2C[C@H]1c1cc(C)ccc1N2. The topological polar surface area (TPSA) is 24.1 Å². The molecule has 1 aliphatic carbocycles. The summed E-state index contributed by atoms with van der Waals surface area (Å²) in [6.07, 6.45) is 1.28. The van der Waals surface area contributed by atoms with Crippen LogP contribution < -0.4 is 10.6 Å². The summed E-state index contributed by atoms with van der Waals surface area (Å²) in [6.45, 7) is 5.52. The molecule has 0 saturated heterocycles. The molecule has 0 aromatic heterocycles. The average Bonchev–Trinajstić information content (AvgIpc) is 2.82. The van der Waals surface area contributed by atoms with E-state index in [0.717, 1.165) is 6.54 Å². The minimum Gasteiger partial charge on any atom is -0.384 e. The molecule has 3 aliphatic rings. The van der Waals surface area contributed by atoms with Gasteiger partial charge in [-0.1, -0.05) is 35.4 Å². The third kappa shape index (κ3) is 1.61. The molecule has 1 saturated carbocycles. The van der Waals surface area contributed by atoms with Gasteiger partial charge in [-0.2, -0.15) is 0 Å². The van der Waals surface area contributed by atoms with Crippen molar-refractivity contribution in [2.24, 2.45) is 5.92 Å². The molecular weight excluding hydrogens is 268 g/mol. The number of hydrogen-bond donors (Lipinski definition) is 2. The van der Waals surface area contributed by atoms with Crippen LogP contribution >= 0.6 is 0 Å². The van der Waals surface area contributed by atoms with E-state index in [9.17, 15) is 0 Å². The predicted octanol–water partition coefficient (Wildman–Crippen LogP) is 4.41. The molecule has 0 radical (unpaired) electrons. The van der Waals surface area contributed by atoms with E-state index in [2.05, 4.69) is 60.9 Å². The highest BCUT2D eigenvalue weighted by Gasteiger charge is 2.50. The standard InChI is InChI=1S/C20H22N2/c1-11-4-6-18-13(7-11)14-9-19(22-18)16-10-21-17-5-3-12(2)8-15(17)20(14)16/h3-8,14,16,19-22H,9-10H2,1-2H3/t14-,16-,19-,20-/m0/s1. The van der Waals surface area contributed by atoms with Gasteiger partial charge in [-0.25, -0.2) is 0 Å². The number of anilines is 2. The van der Waals surface area contributed by atoms with Crippen LogP contribution in [-0.4, -0.2) is 12.6 Å². The van der Waals surface area contributed by atoms with Crippen molar-refractivity contribution in [3.63, 3.8) is 0 Å². The van der Waals surface area contributed by atoms with Gasteiger partial charge in [0, 0.05) is 29.9 Å². The third-order valence-electron chi connectivity index (χ3n) is 5.96. The van der Waals surface area contributed by atoms with Crippen LogP contribution in [0, 0.1) is 19.8 Å². The number of fused-ring (bicyclic) bond motifs is 9. The zero-order chi connectivity index (χ0) is 14.8. The summed E-state index contributed by atoms with van der Waals surface area (Å²) in [6, 6.07) is 14.4. The lowest BCUT2D eigenvalue weighted by Crippen LogP contribution is -2.34. The van der Waals surface area contributed by atoms with Crippen LogP contribution in [0.4, 0.5) is 11.4 Å². The lowest BCUT2D eigenvalue weighted by Gasteiger charge is -2.33. The summed E-state index contributed by atoms with van der Waals surface area (Å²) in [5.74, 6) is 2.04. The van der Waals surface area contributed by atoms with E-state index in [1.807, 2.05) is 0 Å².